The van der Waals surface area contributed by atoms with Crippen molar-refractivity contribution in [1.82, 2.24) is 5.32 Å². The molecular formula is C21H22BrN3O. The molecule has 0 aliphatic carbocycles. The largest absolute Gasteiger partial charge is 0.386 e. The zero-order valence-corrected chi connectivity index (χ0v) is 16.3. The third kappa shape index (κ3) is 6.38. The van der Waals surface area contributed by atoms with E-state index >= 15 is 0 Å². The van der Waals surface area contributed by atoms with E-state index in [2.05, 4.69) is 33.5 Å². The monoisotopic (exact) mass is 411 g/mol. The van der Waals surface area contributed by atoms with Crippen LogP contribution in [0.15, 0.2) is 64.8 Å². The van der Waals surface area contributed by atoms with Gasteiger partial charge in [-0.15, -0.1) is 0 Å². The number of anilines is 1. The van der Waals surface area contributed by atoms with Crippen LogP contribution < -0.4 is 10.6 Å². The van der Waals surface area contributed by atoms with Crippen molar-refractivity contribution < 1.29 is 4.79 Å². The minimum Gasteiger partial charge on any atom is -0.386 e. The summed E-state index contributed by atoms with van der Waals surface area (Å²) < 4.78 is 0.987. The summed E-state index contributed by atoms with van der Waals surface area (Å²) in [6.07, 6.45) is 4.79. The number of carbonyl (C=O) groups is 1. The molecule has 0 bridgehead atoms. The van der Waals surface area contributed by atoms with Gasteiger partial charge in [-0.2, -0.15) is 5.26 Å². The van der Waals surface area contributed by atoms with Crippen LogP contribution in [0.5, 0.6) is 0 Å². The van der Waals surface area contributed by atoms with Crippen LogP contribution in [0, 0.1) is 11.3 Å². The number of unbranched alkanes of at least 4 members (excludes halogenated alkanes) is 1. The van der Waals surface area contributed by atoms with E-state index in [9.17, 15) is 10.1 Å². The maximum absolute atomic E-state index is 12.2. The lowest BCUT2D eigenvalue weighted by molar-refractivity contribution is -0.112. The van der Waals surface area contributed by atoms with Crippen molar-refractivity contribution in [3.8, 4) is 6.07 Å². The van der Waals surface area contributed by atoms with Gasteiger partial charge in [0.1, 0.15) is 11.6 Å². The number of nitrogens with zero attached hydrogens (tertiary/aromatic N) is 1. The molecule has 2 N–H and O–H groups in total. The van der Waals surface area contributed by atoms with E-state index in [0.717, 1.165) is 29.3 Å². The Balaban J connectivity index is 1.92. The maximum Gasteiger partial charge on any atom is 0.267 e. The van der Waals surface area contributed by atoms with Gasteiger partial charge < -0.3 is 10.6 Å². The fraction of sp³-hybridized carbons (Fsp3) is 0.238. The first-order valence-electron chi connectivity index (χ1n) is 8.60. The molecular weight excluding hydrogens is 390 g/mol. The molecule has 0 saturated carbocycles. The highest BCUT2D eigenvalue weighted by Crippen LogP contribution is 2.13. The molecule has 0 heterocycles. The van der Waals surface area contributed by atoms with Gasteiger partial charge in [0.25, 0.3) is 5.91 Å². The van der Waals surface area contributed by atoms with Crippen molar-refractivity contribution in [2.24, 2.45) is 0 Å². The molecule has 0 saturated heterocycles. The van der Waals surface area contributed by atoms with Gasteiger partial charge in [-0.25, -0.2) is 0 Å². The molecule has 26 heavy (non-hydrogen) atoms. The summed E-state index contributed by atoms with van der Waals surface area (Å²) in [6.45, 7) is 2.69. The van der Waals surface area contributed by atoms with E-state index in [1.54, 1.807) is 0 Å². The summed E-state index contributed by atoms with van der Waals surface area (Å²) in [5.41, 5.74) is 3.02. The van der Waals surface area contributed by atoms with E-state index in [0.29, 0.717) is 12.2 Å². The van der Waals surface area contributed by atoms with Gasteiger partial charge in [0.05, 0.1) is 0 Å². The Morgan fingerprint density at radius 3 is 2.62 bits per heavy atom. The molecule has 0 unspecified atom stereocenters. The second-order valence-electron chi connectivity index (χ2n) is 5.94. The van der Waals surface area contributed by atoms with Crippen molar-refractivity contribution in [3.05, 3.63) is 75.9 Å². The van der Waals surface area contributed by atoms with E-state index < -0.39 is 5.91 Å². The van der Waals surface area contributed by atoms with Crippen molar-refractivity contribution >= 4 is 27.5 Å². The highest BCUT2D eigenvalue weighted by molar-refractivity contribution is 9.10. The fourth-order valence-electron chi connectivity index (χ4n) is 2.40. The predicted octanol–water partition coefficient (Wildman–Crippen LogP) is 4.93. The SMILES string of the molecule is CCCCc1ccc(NC(=O)/C(C#N)=C\NCc2cccc(Br)c2)cc1. The van der Waals surface area contributed by atoms with Crippen LogP contribution in [0.3, 0.4) is 0 Å². The number of halogens is 1. The topological polar surface area (TPSA) is 64.9 Å². The van der Waals surface area contributed by atoms with Crippen LogP contribution in [0.2, 0.25) is 0 Å². The molecule has 0 aromatic heterocycles. The van der Waals surface area contributed by atoms with Crippen LogP contribution in [-0.4, -0.2) is 5.91 Å². The number of nitriles is 1. The molecule has 2 rings (SSSR count). The number of nitrogens with one attached hydrogen (secondary N) is 2. The Hall–Kier alpha value is -2.58. The Kier molecular flexibility index (Phi) is 7.91. The third-order valence-corrected chi connectivity index (χ3v) is 4.33. The quantitative estimate of drug-likeness (QED) is 0.478. The molecule has 2 aromatic carbocycles. The molecule has 0 fully saturated rings. The molecule has 5 heteroatoms. The molecule has 2 aromatic rings. The third-order valence-electron chi connectivity index (χ3n) is 3.84. The molecule has 4 nitrogen and oxygen atoms in total. The van der Waals surface area contributed by atoms with E-state index in [1.807, 2.05) is 54.6 Å². The number of aryl methyl sites for hydroxylation is 1. The van der Waals surface area contributed by atoms with Crippen molar-refractivity contribution in [3.63, 3.8) is 0 Å². The van der Waals surface area contributed by atoms with E-state index in [1.165, 1.54) is 11.8 Å². The molecule has 134 valence electrons. The molecule has 0 atom stereocenters. The summed E-state index contributed by atoms with van der Waals surface area (Å²) in [5.74, 6) is -0.421. The Morgan fingerprint density at radius 2 is 1.96 bits per heavy atom. The highest BCUT2D eigenvalue weighted by atomic mass is 79.9. The van der Waals surface area contributed by atoms with Crippen LogP contribution >= 0.6 is 15.9 Å². The summed E-state index contributed by atoms with van der Waals surface area (Å²) in [6, 6.07) is 17.5. The molecule has 0 aliphatic heterocycles. The zero-order chi connectivity index (χ0) is 18.8. The van der Waals surface area contributed by atoms with E-state index in [4.69, 9.17) is 0 Å². The molecule has 1 amide bonds. The Bertz CT molecular complexity index is 807. The summed E-state index contributed by atoms with van der Waals surface area (Å²) in [4.78, 5) is 12.2. The van der Waals surface area contributed by atoms with Crippen LogP contribution in [0.4, 0.5) is 5.69 Å². The number of hydrogen-bond acceptors (Lipinski definition) is 3. The zero-order valence-electron chi connectivity index (χ0n) is 14.8. The molecule has 0 radical (unpaired) electrons. The predicted molar refractivity (Wildman–Crippen MR) is 108 cm³/mol. The second kappa shape index (κ2) is 10.4. The van der Waals surface area contributed by atoms with E-state index in [-0.39, 0.29) is 5.57 Å². The number of rotatable bonds is 8. The van der Waals surface area contributed by atoms with Crippen LogP contribution in [0.1, 0.15) is 30.9 Å². The van der Waals surface area contributed by atoms with Gasteiger partial charge in [0.15, 0.2) is 0 Å². The maximum atomic E-state index is 12.2. The number of carbonyl (C=O) groups excluding carboxylic acids is 1. The number of benzene rings is 2. The lowest BCUT2D eigenvalue weighted by Crippen LogP contribution is -2.16. The standard InChI is InChI=1S/C21H22BrN3O/c1-2-3-5-16-8-10-20(11-9-16)25-21(26)18(13-23)15-24-14-17-6-4-7-19(22)12-17/h4,6-12,15,24H,2-3,5,14H2,1H3,(H,25,26)/b18-15-. The summed E-state index contributed by atoms with van der Waals surface area (Å²) in [7, 11) is 0. The van der Waals surface area contributed by atoms with Gasteiger partial charge in [-0.1, -0.05) is 53.5 Å². The van der Waals surface area contributed by atoms with Gasteiger partial charge in [-0.3, -0.25) is 4.79 Å². The lowest BCUT2D eigenvalue weighted by atomic mass is 10.1. The number of hydrogen-bond donors (Lipinski definition) is 2. The average molecular weight is 412 g/mol. The second-order valence-corrected chi connectivity index (χ2v) is 6.85. The minimum absolute atomic E-state index is 0.0371. The summed E-state index contributed by atoms with van der Waals surface area (Å²) >= 11 is 3.42. The van der Waals surface area contributed by atoms with Gasteiger partial charge in [-0.05, 0) is 48.2 Å². The summed E-state index contributed by atoms with van der Waals surface area (Å²) in [5, 5.41) is 15.0. The van der Waals surface area contributed by atoms with Gasteiger partial charge in [0.2, 0.25) is 0 Å². The highest BCUT2D eigenvalue weighted by Gasteiger charge is 2.09. The number of amides is 1. The van der Waals surface area contributed by atoms with Crippen molar-refractivity contribution in [2.45, 2.75) is 32.7 Å². The van der Waals surface area contributed by atoms with Crippen molar-refractivity contribution in [1.29, 1.82) is 5.26 Å². The van der Waals surface area contributed by atoms with Crippen LogP contribution in [0.25, 0.3) is 0 Å². The molecule has 0 aliphatic rings. The fourth-order valence-corrected chi connectivity index (χ4v) is 2.85. The van der Waals surface area contributed by atoms with Gasteiger partial charge in [0, 0.05) is 22.9 Å². The first-order valence-corrected chi connectivity index (χ1v) is 9.40. The normalized spacial score (nSPS) is 10.9. The molecule has 0 spiro atoms. The van der Waals surface area contributed by atoms with Gasteiger partial charge >= 0.3 is 0 Å². The average Bonchev–Trinajstić information content (AvgIpc) is 2.64. The van der Waals surface area contributed by atoms with Crippen LogP contribution in [-0.2, 0) is 17.8 Å². The first kappa shape index (κ1) is 19.7. The smallest absolute Gasteiger partial charge is 0.267 e. The lowest BCUT2D eigenvalue weighted by Gasteiger charge is -2.07. The Morgan fingerprint density at radius 1 is 1.19 bits per heavy atom. The minimum atomic E-state index is -0.421. The Labute approximate surface area is 163 Å². The van der Waals surface area contributed by atoms with Crippen molar-refractivity contribution in [2.75, 3.05) is 5.32 Å². The first-order chi connectivity index (χ1) is 12.6.